The number of halogens is 2. The summed E-state index contributed by atoms with van der Waals surface area (Å²) in [5.41, 5.74) is 0. The predicted octanol–water partition coefficient (Wildman–Crippen LogP) is 2.25. The number of piperidine rings is 1. The lowest BCUT2D eigenvalue weighted by Gasteiger charge is -2.36. The minimum atomic E-state index is -0.0645. The van der Waals surface area contributed by atoms with Crippen molar-refractivity contribution in [3.05, 3.63) is 21.3 Å². The second-order valence-corrected chi connectivity index (χ2v) is 8.54. The molecule has 1 aromatic heterocycles. The molecule has 156 valence electrons. The van der Waals surface area contributed by atoms with Gasteiger partial charge in [-0.25, -0.2) is 0 Å². The summed E-state index contributed by atoms with van der Waals surface area (Å²) < 4.78 is 0.832. The average Bonchev–Trinajstić information content (AvgIpc) is 3.06. The molecule has 0 aliphatic carbocycles. The number of nitrogens with one attached hydrogen (secondary N) is 1. The molecule has 0 unspecified atom stereocenters. The van der Waals surface area contributed by atoms with Crippen LogP contribution in [0.1, 0.15) is 24.1 Å². The highest BCUT2D eigenvalue weighted by Crippen LogP contribution is 2.23. The summed E-state index contributed by atoms with van der Waals surface area (Å²) >= 11 is 7.64. The van der Waals surface area contributed by atoms with Gasteiger partial charge in [-0.05, 0) is 18.6 Å². The molecule has 1 N–H and O–H groups in total. The number of likely N-dealkylation sites (tertiary alicyclic amines) is 1. The van der Waals surface area contributed by atoms with Crippen molar-refractivity contribution in [1.82, 2.24) is 20.0 Å². The zero-order valence-electron chi connectivity index (χ0n) is 16.0. The molecule has 28 heavy (non-hydrogen) atoms. The summed E-state index contributed by atoms with van der Waals surface area (Å²) in [4.78, 5) is 35.4. The Hall–Kier alpha value is -0.910. The Morgan fingerprint density at radius 3 is 2.43 bits per heavy atom. The molecule has 2 fully saturated rings. The maximum Gasteiger partial charge on any atom is 0.229 e. The van der Waals surface area contributed by atoms with Gasteiger partial charge < -0.3 is 10.2 Å². The third-order valence-electron chi connectivity index (χ3n) is 4.89. The van der Waals surface area contributed by atoms with Gasteiger partial charge in [0.1, 0.15) is 0 Å². The molecule has 0 bridgehead atoms. The van der Waals surface area contributed by atoms with Crippen molar-refractivity contribution in [3.63, 3.8) is 0 Å². The number of hydrogen-bond donors (Lipinski definition) is 1. The molecule has 2 aliphatic rings. The van der Waals surface area contributed by atoms with Crippen LogP contribution in [-0.4, -0.2) is 78.8 Å². The Kier molecular flexibility index (Phi) is 9.45. The lowest BCUT2D eigenvalue weighted by molar-refractivity contribution is -0.147. The SMILES string of the molecule is CN=C(NCCN1C(=O)CCCC1=O)N1CCN(Cc2ccc(Cl)s2)CC1.I. The summed E-state index contributed by atoms with van der Waals surface area (Å²) in [6, 6.07) is 4.03. The van der Waals surface area contributed by atoms with Crippen LogP contribution in [0, 0.1) is 0 Å². The van der Waals surface area contributed by atoms with E-state index in [9.17, 15) is 9.59 Å². The van der Waals surface area contributed by atoms with E-state index in [-0.39, 0.29) is 35.8 Å². The number of nitrogens with zero attached hydrogens (tertiary/aromatic N) is 4. The lowest BCUT2D eigenvalue weighted by Crippen LogP contribution is -2.53. The van der Waals surface area contributed by atoms with Gasteiger partial charge in [0.25, 0.3) is 0 Å². The second-order valence-electron chi connectivity index (χ2n) is 6.74. The van der Waals surface area contributed by atoms with Crippen LogP contribution in [-0.2, 0) is 16.1 Å². The molecule has 10 heteroatoms. The van der Waals surface area contributed by atoms with E-state index < -0.39 is 0 Å². The Morgan fingerprint density at radius 2 is 1.86 bits per heavy atom. The van der Waals surface area contributed by atoms with Crippen LogP contribution in [0.25, 0.3) is 0 Å². The van der Waals surface area contributed by atoms with Crippen molar-refractivity contribution in [2.75, 3.05) is 46.3 Å². The minimum Gasteiger partial charge on any atom is -0.354 e. The number of aliphatic imine (C=N–C) groups is 1. The zero-order valence-corrected chi connectivity index (χ0v) is 19.9. The van der Waals surface area contributed by atoms with Gasteiger partial charge in [0, 0.05) is 70.6 Å². The first-order valence-electron chi connectivity index (χ1n) is 9.32. The van der Waals surface area contributed by atoms with Gasteiger partial charge in [0.15, 0.2) is 5.96 Å². The van der Waals surface area contributed by atoms with Crippen LogP contribution < -0.4 is 5.32 Å². The minimum absolute atomic E-state index is 0. The molecular formula is C18H27ClIN5O2S. The maximum atomic E-state index is 11.9. The largest absolute Gasteiger partial charge is 0.354 e. The highest BCUT2D eigenvalue weighted by molar-refractivity contribution is 14.0. The van der Waals surface area contributed by atoms with Crippen LogP contribution >= 0.6 is 46.9 Å². The van der Waals surface area contributed by atoms with Crippen LogP contribution in [0.15, 0.2) is 17.1 Å². The summed E-state index contributed by atoms with van der Waals surface area (Å²) in [5.74, 6) is 0.696. The molecule has 2 aliphatic heterocycles. The number of carbonyl (C=O) groups is 2. The van der Waals surface area contributed by atoms with Crippen molar-refractivity contribution in [2.24, 2.45) is 4.99 Å². The van der Waals surface area contributed by atoms with Crippen LogP contribution in [0.5, 0.6) is 0 Å². The standard InChI is InChI=1S/C18H26ClN5O2S.HI/c1-20-18(21-7-8-24-16(25)3-2-4-17(24)26)23-11-9-22(10-12-23)13-14-5-6-15(19)27-14;/h5-6H,2-4,7-13H2,1H3,(H,20,21);1H. The van der Waals surface area contributed by atoms with E-state index in [1.165, 1.54) is 9.78 Å². The molecule has 2 amide bonds. The Bertz CT molecular complexity index is 690. The summed E-state index contributed by atoms with van der Waals surface area (Å²) in [7, 11) is 1.76. The smallest absolute Gasteiger partial charge is 0.229 e. The number of amides is 2. The Morgan fingerprint density at radius 1 is 1.18 bits per heavy atom. The lowest BCUT2D eigenvalue weighted by atomic mass is 10.1. The van der Waals surface area contributed by atoms with Gasteiger partial charge in [-0.15, -0.1) is 35.3 Å². The molecule has 1 aromatic rings. The van der Waals surface area contributed by atoms with Gasteiger partial charge in [0.2, 0.25) is 11.8 Å². The molecule has 2 saturated heterocycles. The summed E-state index contributed by atoms with van der Waals surface area (Å²) in [6.45, 7) is 5.55. The van der Waals surface area contributed by atoms with E-state index in [0.717, 1.165) is 43.0 Å². The van der Waals surface area contributed by atoms with Gasteiger partial charge in [-0.1, -0.05) is 11.6 Å². The number of piperazine rings is 1. The van der Waals surface area contributed by atoms with E-state index in [2.05, 4.69) is 26.2 Å². The number of carbonyl (C=O) groups excluding carboxylic acids is 2. The van der Waals surface area contributed by atoms with Crippen molar-refractivity contribution >= 4 is 64.7 Å². The van der Waals surface area contributed by atoms with Crippen LogP contribution in [0.4, 0.5) is 0 Å². The predicted molar refractivity (Wildman–Crippen MR) is 124 cm³/mol. The first kappa shape index (κ1) is 23.4. The number of guanidine groups is 1. The van der Waals surface area contributed by atoms with Gasteiger partial charge >= 0.3 is 0 Å². The van der Waals surface area contributed by atoms with Crippen molar-refractivity contribution in [1.29, 1.82) is 0 Å². The first-order chi connectivity index (χ1) is 13.1. The van der Waals surface area contributed by atoms with E-state index in [0.29, 0.717) is 32.4 Å². The average molecular weight is 540 g/mol. The monoisotopic (exact) mass is 539 g/mol. The van der Waals surface area contributed by atoms with Gasteiger partial charge in [-0.2, -0.15) is 0 Å². The first-order valence-corrected chi connectivity index (χ1v) is 10.5. The summed E-state index contributed by atoms with van der Waals surface area (Å²) in [5, 5.41) is 3.29. The van der Waals surface area contributed by atoms with E-state index in [1.54, 1.807) is 18.4 Å². The van der Waals surface area contributed by atoms with Crippen molar-refractivity contribution < 1.29 is 9.59 Å². The number of imide groups is 1. The van der Waals surface area contributed by atoms with Gasteiger partial charge in [-0.3, -0.25) is 24.4 Å². The Labute approximate surface area is 192 Å². The molecule has 0 spiro atoms. The third kappa shape index (κ3) is 6.30. The van der Waals surface area contributed by atoms with Crippen LogP contribution in [0.2, 0.25) is 4.34 Å². The Balaban J connectivity index is 0.00000280. The fraction of sp³-hybridized carbons (Fsp3) is 0.611. The molecule has 0 aromatic carbocycles. The fourth-order valence-corrected chi connectivity index (χ4v) is 4.57. The van der Waals surface area contributed by atoms with Gasteiger partial charge in [0.05, 0.1) is 4.34 Å². The van der Waals surface area contributed by atoms with E-state index >= 15 is 0 Å². The quantitative estimate of drug-likeness (QED) is 0.269. The normalized spacial score (nSPS) is 19.0. The molecule has 3 heterocycles. The van der Waals surface area contributed by atoms with Crippen molar-refractivity contribution in [3.8, 4) is 0 Å². The number of thiophene rings is 1. The maximum absolute atomic E-state index is 11.9. The molecule has 0 atom stereocenters. The topological polar surface area (TPSA) is 68.2 Å². The second kappa shape index (κ2) is 11.3. The fourth-order valence-electron chi connectivity index (χ4n) is 3.44. The van der Waals surface area contributed by atoms with Crippen LogP contribution in [0.3, 0.4) is 0 Å². The zero-order chi connectivity index (χ0) is 19.2. The van der Waals surface area contributed by atoms with E-state index in [1.807, 2.05) is 6.07 Å². The third-order valence-corrected chi connectivity index (χ3v) is 6.11. The highest BCUT2D eigenvalue weighted by Gasteiger charge is 2.26. The highest BCUT2D eigenvalue weighted by atomic mass is 127. The molecule has 0 radical (unpaired) electrons. The molecule has 7 nitrogen and oxygen atoms in total. The summed E-state index contributed by atoms with van der Waals surface area (Å²) in [6.07, 6.45) is 1.61. The number of hydrogen-bond acceptors (Lipinski definition) is 5. The number of rotatable bonds is 5. The molecule has 0 saturated carbocycles. The van der Waals surface area contributed by atoms with E-state index in [4.69, 9.17) is 11.6 Å². The molecule has 3 rings (SSSR count). The molecular weight excluding hydrogens is 513 g/mol. The van der Waals surface area contributed by atoms with Crippen molar-refractivity contribution in [2.45, 2.75) is 25.8 Å².